The third-order valence-electron chi connectivity index (χ3n) is 2.34. The van der Waals surface area contributed by atoms with Crippen LogP contribution in [-0.4, -0.2) is 19.9 Å². The summed E-state index contributed by atoms with van der Waals surface area (Å²) in [6, 6.07) is 9.58. The van der Waals surface area contributed by atoms with Gasteiger partial charge in [-0.25, -0.2) is 15.0 Å². The number of aromatic amines is 1. The maximum absolute atomic E-state index is 5.55. The van der Waals surface area contributed by atoms with Gasteiger partial charge >= 0.3 is 0 Å². The molecule has 0 saturated carbocycles. The number of hydrogen-bond acceptors (Lipinski definition) is 4. The van der Waals surface area contributed by atoms with E-state index >= 15 is 0 Å². The molecule has 17 heavy (non-hydrogen) atoms. The molecule has 2 aromatic heterocycles. The molecule has 0 bridgehead atoms. The summed E-state index contributed by atoms with van der Waals surface area (Å²) in [5.74, 6) is 1.42. The second kappa shape index (κ2) is 4.21. The van der Waals surface area contributed by atoms with E-state index in [0.29, 0.717) is 18.1 Å². The highest BCUT2D eigenvalue weighted by Crippen LogP contribution is 2.11. The zero-order valence-electron chi connectivity index (χ0n) is 9.00. The van der Waals surface area contributed by atoms with Crippen molar-refractivity contribution in [3.8, 4) is 5.75 Å². The summed E-state index contributed by atoms with van der Waals surface area (Å²) in [6.07, 6.45) is 3.31. The molecule has 0 aliphatic rings. The smallest absolute Gasteiger partial charge is 0.180 e. The van der Waals surface area contributed by atoms with Crippen molar-refractivity contribution < 1.29 is 4.74 Å². The van der Waals surface area contributed by atoms with E-state index in [2.05, 4.69) is 19.9 Å². The summed E-state index contributed by atoms with van der Waals surface area (Å²) in [5.41, 5.74) is 1.49. The summed E-state index contributed by atoms with van der Waals surface area (Å²) in [6.45, 7) is 0.340. The minimum absolute atomic E-state index is 0.340. The van der Waals surface area contributed by atoms with Crippen molar-refractivity contribution in [2.75, 3.05) is 0 Å². The lowest BCUT2D eigenvalue weighted by atomic mass is 10.3. The number of imidazole rings is 1. The Labute approximate surface area is 97.5 Å². The highest BCUT2D eigenvalue weighted by atomic mass is 16.5. The van der Waals surface area contributed by atoms with Crippen molar-refractivity contribution in [2.45, 2.75) is 6.61 Å². The topological polar surface area (TPSA) is 63.7 Å². The molecular weight excluding hydrogens is 216 g/mol. The molecule has 5 nitrogen and oxygen atoms in total. The second-order valence-corrected chi connectivity index (χ2v) is 3.53. The maximum Gasteiger partial charge on any atom is 0.180 e. The lowest BCUT2D eigenvalue weighted by Gasteiger charge is -2.04. The van der Waals surface area contributed by atoms with E-state index in [0.717, 1.165) is 11.3 Å². The van der Waals surface area contributed by atoms with Gasteiger partial charge in [-0.3, -0.25) is 0 Å². The number of nitrogens with one attached hydrogen (secondary N) is 1. The van der Waals surface area contributed by atoms with Gasteiger partial charge in [0.1, 0.15) is 17.9 Å². The van der Waals surface area contributed by atoms with Crippen molar-refractivity contribution in [1.29, 1.82) is 0 Å². The Bertz CT molecular complexity index is 620. The van der Waals surface area contributed by atoms with E-state index < -0.39 is 0 Å². The predicted molar refractivity (Wildman–Crippen MR) is 62.5 cm³/mol. The summed E-state index contributed by atoms with van der Waals surface area (Å²) in [5, 5.41) is 0. The number of aromatic nitrogens is 4. The average molecular weight is 226 g/mol. The molecule has 1 aromatic carbocycles. The number of fused-ring (bicyclic) bond motifs is 1. The van der Waals surface area contributed by atoms with Crippen LogP contribution in [-0.2, 0) is 6.61 Å². The van der Waals surface area contributed by atoms with E-state index in [1.54, 1.807) is 12.5 Å². The Morgan fingerprint density at radius 3 is 2.88 bits per heavy atom. The maximum atomic E-state index is 5.55. The van der Waals surface area contributed by atoms with Gasteiger partial charge in [-0.1, -0.05) is 18.2 Å². The molecule has 2 heterocycles. The van der Waals surface area contributed by atoms with Crippen LogP contribution in [0.25, 0.3) is 11.2 Å². The minimum Gasteiger partial charge on any atom is -0.486 e. The number of nitrogens with zero attached hydrogens (tertiary/aromatic N) is 3. The first-order valence-electron chi connectivity index (χ1n) is 5.25. The number of para-hydroxylation sites is 1. The highest BCUT2D eigenvalue weighted by molar-refractivity contribution is 5.67. The predicted octanol–water partition coefficient (Wildman–Crippen LogP) is 1.93. The first-order valence-corrected chi connectivity index (χ1v) is 5.25. The van der Waals surface area contributed by atoms with Crippen LogP contribution in [0, 0.1) is 0 Å². The van der Waals surface area contributed by atoms with Crippen molar-refractivity contribution in [2.24, 2.45) is 0 Å². The van der Waals surface area contributed by atoms with Gasteiger partial charge in [-0.15, -0.1) is 0 Å². The Kier molecular flexibility index (Phi) is 2.42. The molecule has 5 heteroatoms. The molecule has 3 rings (SSSR count). The fourth-order valence-electron chi connectivity index (χ4n) is 1.51. The molecule has 0 atom stereocenters. The minimum atomic E-state index is 0.340. The van der Waals surface area contributed by atoms with Crippen LogP contribution in [0.3, 0.4) is 0 Å². The number of ether oxygens (including phenoxy) is 1. The SMILES string of the molecule is c1ccc(OCc2ncc3[nH]cnc3n2)cc1. The van der Waals surface area contributed by atoms with Gasteiger partial charge in [-0.05, 0) is 12.1 Å². The van der Waals surface area contributed by atoms with Crippen LogP contribution in [0.4, 0.5) is 0 Å². The fourth-order valence-corrected chi connectivity index (χ4v) is 1.51. The van der Waals surface area contributed by atoms with E-state index in [9.17, 15) is 0 Å². The standard InChI is InChI=1S/C12H10N4O/c1-2-4-9(5-3-1)17-7-11-13-6-10-12(16-11)15-8-14-10/h1-6,8H,7H2,(H,13,14,15,16). The van der Waals surface area contributed by atoms with Gasteiger partial charge in [0, 0.05) is 0 Å². The van der Waals surface area contributed by atoms with Gasteiger partial charge < -0.3 is 9.72 Å². The van der Waals surface area contributed by atoms with Crippen LogP contribution >= 0.6 is 0 Å². The monoisotopic (exact) mass is 226 g/mol. The lowest BCUT2D eigenvalue weighted by Crippen LogP contribution is -2.01. The van der Waals surface area contributed by atoms with Crippen LogP contribution in [0.5, 0.6) is 5.75 Å². The molecule has 0 fully saturated rings. The van der Waals surface area contributed by atoms with Gasteiger partial charge in [0.2, 0.25) is 0 Å². The molecule has 0 saturated heterocycles. The van der Waals surface area contributed by atoms with E-state index in [1.807, 2.05) is 30.3 Å². The van der Waals surface area contributed by atoms with Crippen molar-refractivity contribution in [3.05, 3.63) is 48.7 Å². The Morgan fingerprint density at radius 1 is 1.12 bits per heavy atom. The zero-order valence-corrected chi connectivity index (χ0v) is 9.00. The molecular formula is C12H10N4O. The third-order valence-corrected chi connectivity index (χ3v) is 2.34. The normalized spacial score (nSPS) is 10.6. The highest BCUT2D eigenvalue weighted by Gasteiger charge is 2.02. The number of benzene rings is 1. The number of rotatable bonds is 3. The molecule has 3 aromatic rings. The quantitative estimate of drug-likeness (QED) is 0.741. The fraction of sp³-hybridized carbons (Fsp3) is 0.0833. The molecule has 0 unspecified atom stereocenters. The van der Waals surface area contributed by atoms with E-state index in [1.165, 1.54) is 0 Å². The zero-order chi connectivity index (χ0) is 11.5. The molecule has 84 valence electrons. The Hall–Kier alpha value is -2.43. The van der Waals surface area contributed by atoms with Crippen LogP contribution in [0.2, 0.25) is 0 Å². The molecule has 0 spiro atoms. The Balaban J connectivity index is 1.76. The molecule has 0 aliphatic carbocycles. The van der Waals surface area contributed by atoms with Crippen molar-refractivity contribution >= 4 is 11.2 Å². The molecule has 1 N–H and O–H groups in total. The van der Waals surface area contributed by atoms with E-state index in [-0.39, 0.29) is 0 Å². The summed E-state index contributed by atoms with van der Waals surface area (Å²) < 4.78 is 5.55. The van der Waals surface area contributed by atoms with Crippen LogP contribution in [0.1, 0.15) is 5.82 Å². The molecule has 0 aliphatic heterocycles. The Morgan fingerprint density at radius 2 is 2.00 bits per heavy atom. The van der Waals surface area contributed by atoms with Gasteiger partial charge in [0.15, 0.2) is 11.5 Å². The first kappa shape index (κ1) is 9.77. The first-order chi connectivity index (χ1) is 8.42. The van der Waals surface area contributed by atoms with E-state index in [4.69, 9.17) is 4.74 Å². The third kappa shape index (κ3) is 2.08. The summed E-state index contributed by atoms with van der Waals surface area (Å²) in [4.78, 5) is 15.5. The summed E-state index contributed by atoms with van der Waals surface area (Å²) in [7, 11) is 0. The van der Waals surface area contributed by atoms with Crippen LogP contribution < -0.4 is 4.74 Å². The summed E-state index contributed by atoms with van der Waals surface area (Å²) >= 11 is 0. The number of H-pyrrole nitrogens is 1. The number of hydrogen-bond donors (Lipinski definition) is 1. The van der Waals surface area contributed by atoms with Crippen molar-refractivity contribution in [1.82, 2.24) is 19.9 Å². The van der Waals surface area contributed by atoms with Gasteiger partial charge in [0.25, 0.3) is 0 Å². The van der Waals surface area contributed by atoms with Gasteiger partial charge in [-0.2, -0.15) is 0 Å². The molecule has 0 radical (unpaired) electrons. The van der Waals surface area contributed by atoms with Crippen molar-refractivity contribution in [3.63, 3.8) is 0 Å². The van der Waals surface area contributed by atoms with Gasteiger partial charge in [0.05, 0.1) is 12.5 Å². The molecule has 0 amide bonds. The average Bonchev–Trinajstić information content (AvgIpc) is 2.85. The largest absolute Gasteiger partial charge is 0.486 e. The second-order valence-electron chi connectivity index (χ2n) is 3.53. The van der Waals surface area contributed by atoms with Crippen LogP contribution in [0.15, 0.2) is 42.9 Å². The lowest BCUT2D eigenvalue weighted by molar-refractivity contribution is 0.296.